The second-order valence-corrected chi connectivity index (χ2v) is 4.86. The van der Waals surface area contributed by atoms with Gasteiger partial charge in [0.05, 0.1) is 12.7 Å². The minimum atomic E-state index is -0.278. The maximum atomic E-state index is 12.0. The standard InChI is InChI=1S/C14H21NO3/c1-9(2)8-10(3)15-14(17)11-6-5-7-12(18-4)13(11)16/h5-7,9-10,16H,8H2,1-4H3,(H,15,17). The number of hydrogen-bond acceptors (Lipinski definition) is 3. The summed E-state index contributed by atoms with van der Waals surface area (Å²) in [5.41, 5.74) is 0.241. The molecule has 4 nitrogen and oxygen atoms in total. The Balaban J connectivity index is 2.78. The van der Waals surface area contributed by atoms with Gasteiger partial charge in [0.2, 0.25) is 0 Å². The Morgan fingerprint density at radius 3 is 2.61 bits per heavy atom. The molecular weight excluding hydrogens is 230 g/mol. The van der Waals surface area contributed by atoms with E-state index in [-0.39, 0.29) is 23.3 Å². The summed E-state index contributed by atoms with van der Waals surface area (Å²) in [6.07, 6.45) is 0.899. The number of rotatable bonds is 5. The quantitative estimate of drug-likeness (QED) is 0.845. The van der Waals surface area contributed by atoms with Gasteiger partial charge in [0.15, 0.2) is 11.5 Å². The number of hydrogen-bond donors (Lipinski definition) is 2. The maximum Gasteiger partial charge on any atom is 0.255 e. The van der Waals surface area contributed by atoms with E-state index < -0.39 is 0 Å². The van der Waals surface area contributed by atoms with Crippen LogP contribution in [-0.2, 0) is 0 Å². The van der Waals surface area contributed by atoms with Crippen LogP contribution >= 0.6 is 0 Å². The molecule has 0 aliphatic heterocycles. The van der Waals surface area contributed by atoms with Gasteiger partial charge in [-0.05, 0) is 31.4 Å². The Labute approximate surface area is 108 Å². The molecule has 1 atom stereocenters. The van der Waals surface area contributed by atoms with Crippen molar-refractivity contribution in [2.75, 3.05) is 7.11 Å². The lowest BCUT2D eigenvalue weighted by molar-refractivity contribution is 0.0933. The number of aromatic hydroxyl groups is 1. The summed E-state index contributed by atoms with van der Waals surface area (Å²) in [7, 11) is 1.46. The zero-order valence-electron chi connectivity index (χ0n) is 11.4. The van der Waals surface area contributed by atoms with Crippen molar-refractivity contribution < 1.29 is 14.6 Å². The summed E-state index contributed by atoms with van der Waals surface area (Å²) >= 11 is 0. The van der Waals surface area contributed by atoms with E-state index in [0.29, 0.717) is 11.7 Å². The van der Waals surface area contributed by atoms with Gasteiger partial charge in [-0.15, -0.1) is 0 Å². The van der Waals surface area contributed by atoms with Crippen LogP contribution in [-0.4, -0.2) is 24.2 Å². The predicted octanol–water partition coefficient (Wildman–Crippen LogP) is 2.57. The molecule has 100 valence electrons. The molecule has 0 saturated heterocycles. The molecule has 18 heavy (non-hydrogen) atoms. The van der Waals surface area contributed by atoms with Crippen molar-refractivity contribution in [1.29, 1.82) is 0 Å². The molecule has 0 bridgehead atoms. The van der Waals surface area contributed by atoms with Gasteiger partial charge in [-0.3, -0.25) is 4.79 Å². The van der Waals surface area contributed by atoms with E-state index in [1.54, 1.807) is 18.2 Å². The van der Waals surface area contributed by atoms with Gasteiger partial charge >= 0.3 is 0 Å². The van der Waals surface area contributed by atoms with Crippen molar-refractivity contribution in [3.63, 3.8) is 0 Å². The number of methoxy groups -OCH3 is 1. The SMILES string of the molecule is COc1cccc(C(=O)NC(C)CC(C)C)c1O. The average molecular weight is 251 g/mol. The zero-order chi connectivity index (χ0) is 13.7. The van der Waals surface area contributed by atoms with Gasteiger partial charge in [0, 0.05) is 6.04 Å². The highest BCUT2D eigenvalue weighted by molar-refractivity contribution is 5.97. The summed E-state index contributed by atoms with van der Waals surface area (Å²) in [5, 5.41) is 12.7. The Kier molecular flexibility index (Phi) is 5.01. The number of para-hydroxylation sites is 1. The molecular formula is C14H21NO3. The molecule has 0 spiro atoms. The fourth-order valence-corrected chi connectivity index (χ4v) is 1.94. The number of nitrogens with one attached hydrogen (secondary N) is 1. The van der Waals surface area contributed by atoms with Crippen LogP contribution in [0.2, 0.25) is 0 Å². The van der Waals surface area contributed by atoms with Crippen molar-refractivity contribution in [3.05, 3.63) is 23.8 Å². The zero-order valence-corrected chi connectivity index (χ0v) is 11.4. The Bertz CT molecular complexity index is 416. The largest absolute Gasteiger partial charge is 0.504 e. The van der Waals surface area contributed by atoms with E-state index in [9.17, 15) is 9.90 Å². The van der Waals surface area contributed by atoms with Gasteiger partial charge in [0.1, 0.15) is 0 Å². The lowest BCUT2D eigenvalue weighted by Crippen LogP contribution is -2.33. The number of amides is 1. The van der Waals surface area contributed by atoms with Gasteiger partial charge in [0.25, 0.3) is 5.91 Å². The summed E-state index contributed by atoms with van der Waals surface area (Å²) in [6, 6.07) is 4.95. The Morgan fingerprint density at radius 2 is 2.06 bits per heavy atom. The number of phenols is 1. The first kappa shape index (κ1) is 14.4. The molecule has 1 aromatic rings. The Hall–Kier alpha value is -1.71. The van der Waals surface area contributed by atoms with E-state index in [4.69, 9.17) is 4.74 Å². The highest BCUT2D eigenvalue weighted by atomic mass is 16.5. The number of phenolic OH excluding ortho intramolecular Hbond substituents is 1. The summed E-state index contributed by atoms with van der Waals surface area (Å²) in [4.78, 5) is 12.0. The van der Waals surface area contributed by atoms with Crippen molar-refractivity contribution in [1.82, 2.24) is 5.32 Å². The van der Waals surface area contributed by atoms with E-state index in [2.05, 4.69) is 19.2 Å². The van der Waals surface area contributed by atoms with Crippen molar-refractivity contribution in [2.24, 2.45) is 5.92 Å². The third kappa shape index (κ3) is 3.65. The van der Waals surface area contributed by atoms with Crippen molar-refractivity contribution in [2.45, 2.75) is 33.2 Å². The van der Waals surface area contributed by atoms with Gasteiger partial charge < -0.3 is 15.2 Å². The lowest BCUT2D eigenvalue weighted by Gasteiger charge is -2.16. The third-order valence-electron chi connectivity index (χ3n) is 2.67. The molecule has 1 amide bonds. The lowest BCUT2D eigenvalue weighted by atomic mass is 10.0. The maximum absolute atomic E-state index is 12.0. The molecule has 0 aromatic heterocycles. The van der Waals surface area contributed by atoms with Gasteiger partial charge in [-0.25, -0.2) is 0 Å². The fraction of sp³-hybridized carbons (Fsp3) is 0.500. The van der Waals surface area contributed by atoms with Crippen molar-refractivity contribution >= 4 is 5.91 Å². The van der Waals surface area contributed by atoms with Crippen LogP contribution in [0, 0.1) is 5.92 Å². The van der Waals surface area contributed by atoms with E-state index >= 15 is 0 Å². The minimum absolute atomic E-state index is 0.0723. The van der Waals surface area contributed by atoms with E-state index in [1.165, 1.54) is 7.11 Å². The highest BCUT2D eigenvalue weighted by Crippen LogP contribution is 2.29. The smallest absolute Gasteiger partial charge is 0.255 e. The van der Waals surface area contributed by atoms with Crippen LogP contribution in [0.1, 0.15) is 37.6 Å². The number of ether oxygens (including phenoxy) is 1. The normalized spacial score (nSPS) is 12.3. The summed E-state index contributed by atoms with van der Waals surface area (Å²) in [6.45, 7) is 6.16. The molecule has 0 heterocycles. The first-order chi connectivity index (χ1) is 8.45. The van der Waals surface area contributed by atoms with Crippen LogP contribution in [0.25, 0.3) is 0 Å². The van der Waals surface area contributed by atoms with Crippen LogP contribution in [0.4, 0.5) is 0 Å². The predicted molar refractivity (Wildman–Crippen MR) is 71.0 cm³/mol. The number of carbonyl (C=O) groups excluding carboxylic acids is 1. The highest BCUT2D eigenvalue weighted by Gasteiger charge is 2.16. The van der Waals surface area contributed by atoms with Crippen molar-refractivity contribution in [3.8, 4) is 11.5 Å². The molecule has 4 heteroatoms. The molecule has 1 rings (SSSR count). The molecule has 0 radical (unpaired) electrons. The minimum Gasteiger partial charge on any atom is -0.504 e. The Morgan fingerprint density at radius 1 is 1.39 bits per heavy atom. The third-order valence-corrected chi connectivity index (χ3v) is 2.67. The monoisotopic (exact) mass is 251 g/mol. The summed E-state index contributed by atoms with van der Waals surface area (Å²) in [5.74, 6) is 0.423. The number of carbonyl (C=O) groups is 1. The number of benzene rings is 1. The molecule has 1 unspecified atom stereocenters. The summed E-state index contributed by atoms with van der Waals surface area (Å²) < 4.78 is 4.98. The molecule has 0 aliphatic carbocycles. The molecule has 0 fully saturated rings. The van der Waals surface area contributed by atoms with Crippen LogP contribution in [0.5, 0.6) is 11.5 Å². The second-order valence-electron chi connectivity index (χ2n) is 4.86. The first-order valence-electron chi connectivity index (χ1n) is 6.12. The van der Waals surface area contributed by atoms with Crippen LogP contribution in [0.15, 0.2) is 18.2 Å². The van der Waals surface area contributed by atoms with E-state index in [0.717, 1.165) is 6.42 Å². The molecule has 0 aliphatic rings. The van der Waals surface area contributed by atoms with E-state index in [1.807, 2.05) is 6.92 Å². The second kappa shape index (κ2) is 6.28. The topological polar surface area (TPSA) is 58.6 Å². The molecule has 0 saturated carbocycles. The average Bonchev–Trinajstić information content (AvgIpc) is 2.27. The van der Waals surface area contributed by atoms with Crippen LogP contribution < -0.4 is 10.1 Å². The van der Waals surface area contributed by atoms with Gasteiger partial charge in [-0.1, -0.05) is 19.9 Å². The molecule has 1 aromatic carbocycles. The fourth-order valence-electron chi connectivity index (χ4n) is 1.94. The van der Waals surface area contributed by atoms with Gasteiger partial charge in [-0.2, -0.15) is 0 Å². The first-order valence-corrected chi connectivity index (χ1v) is 6.12. The molecule has 2 N–H and O–H groups in total. The van der Waals surface area contributed by atoms with Crippen LogP contribution in [0.3, 0.4) is 0 Å².